The van der Waals surface area contributed by atoms with Crippen molar-refractivity contribution in [2.24, 2.45) is 0 Å². The highest BCUT2D eigenvalue weighted by atomic mass is 79.9. The van der Waals surface area contributed by atoms with Crippen LogP contribution in [0.2, 0.25) is 16.6 Å². The Kier molecular flexibility index (Phi) is 8.63. The number of piperidine rings is 1. The SMILES string of the molecule is CC(C)[Si](C#Cc1ccc(OC2CCCN(c3ccc(Br)cn3)C2)cc1F)(C(C)C)C(C)C. The second-order valence-corrected chi connectivity index (χ2v) is 16.4. The third kappa shape index (κ3) is 5.99. The zero-order valence-electron chi connectivity index (χ0n) is 20.7. The van der Waals surface area contributed by atoms with Gasteiger partial charge in [-0.3, -0.25) is 0 Å². The summed E-state index contributed by atoms with van der Waals surface area (Å²) >= 11 is 3.43. The number of hydrogen-bond acceptors (Lipinski definition) is 3. The molecule has 0 spiro atoms. The van der Waals surface area contributed by atoms with Crippen LogP contribution in [0.4, 0.5) is 10.2 Å². The van der Waals surface area contributed by atoms with Crippen LogP contribution in [0.25, 0.3) is 0 Å². The maximum atomic E-state index is 15.0. The third-order valence-corrected chi connectivity index (χ3v) is 13.7. The molecule has 1 aliphatic heterocycles. The molecule has 2 aromatic rings. The summed E-state index contributed by atoms with van der Waals surface area (Å²) in [4.78, 5) is 6.72. The van der Waals surface area contributed by atoms with Crippen molar-refractivity contribution in [3.05, 3.63) is 52.4 Å². The molecule has 1 aromatic heterocycles. The molecule has 1 aliphatic rings. The first-order chi connectivity index (χ1) is 15.6. The minimum absolute atomic E-state index is 0.00316. The van der Waals surface area contributed by atoms with Crippen LogP contribution in [-0.4, -0.2) is 32.3 Å². The maximum absolute atomic E-state index is 15.0. The molecule has 3 nitrogen and oxygen atoms in total. The highest BCUT2D eigenvalue weighted by molar-refractivity contribution is 9.10. The molecule has 0 N–H and O–H groups in total. The molecule has 0 radical (unpaired) electrons. The largest absolute Gasteiger partial charge is 0.488 e. The number of nitrogens with zero attached hydrogens (tertiary/aromatic N) is 2. The Morgan fingerprint density at radius 2 is 1.79 bits per heavy atom. The Morgan fingerprint density at radius 3 is 2.36 bits per heavy atom. The minimum atomic E-state index is -1.90. The average molecular weight is 532 g/mol. The first-order valence-electron chi connectivity index (χ1n) is 12.0. The molecule has 3 rings (SSSR count). The molecule has 2 heterocycles. The second kappa shape index (κ2) is 11.1. The molecular formula is C27H36BrFN2OSi. The van der Waals surface area contributed by atoms with Gasteiger partial charge in [0.2, 0.25) is 0 Å². The molecule has 0 aliphatic carbocycles. The van der Waals surface area contributed by atoms with Crippen LogP contribution >= 0.6 is 15.9 Å². The molecule has 0 bridgehead atoms. The zero-order chi connectivity index (χ0) is 24.2. The third-order valence-electron chi connectivity index (χ3n) is 6.94. The molecule has 1 atom stereocenters. The van der Waals surface area contributed by atoms with Crippen LogP contribution < -0.4 is 9.64 Å². The van der Waals surface area contributed by atoms with Gasteiger partial charge < -0.3 is 9.64 Å². The van der Waals surface area contributed by atoms with E-state index in [2.05, 4.69) is 78.8 Å². The number of pyridine rings is 1. The normalized spacial score (nSPS) is 16.8. The summed E-state index contributed by atoms with van der Waals surface area (Å²) in [6, 6.07) is 9.12. The molecule has 0 saturated carbocycles. The Hall–Kier alpha value is -1.84. The van der Waals surface area contributed by atoms with Crippen molar-refractivity contribution in [1.82, 2.24) is 4.98 Å². The van der Waals surface area contributed by atoms with Gasteiger partial charge in [-0.25, -0.2) is 9.37 Å². The predicted octanol–water partition coefficient (Wildman–Crippen LogP) is 7.60. The van der Waals surface area contributed by atoms with Gasteiger partial charge in [0.05, 0.1) is 12.1 Å². The Balaban J connectivity index is 1.73. The van der Waals surface area contributed by atoms with Crippen molar-refractivity contribution >= 4 is 29.8 Å². The van der Waals surface area contributed by atoms with Crippen LogP contribution in [0, 0.1) is 17.3 Å². The van der Waals surface area contributed by atoms with Gasteiger partial charge in [0.25, 0.3) is 0 Å². The lowest BCUT2D eigenvalue weighted by atomic mass is 10.1. The Bertz CT molecular complexity index is 976. The number of hydrogen-bond donors (Lipinski definition) is 0. The van der Waals surface area contributed by atoms with E-state index in [1.807, 2.05) is 24.4 Å². The maximum Gasteiger partial charge on any atom is 0.146 e. The van der Waals surface area contributed by atoms with Crippen molar-refractivity contribution in [2.75, 3.05) is 18.0 Å². The van der Waals surface area contributed by atoms with Crippen molar-refractivity contribution in [1.29, 1.82) is 0 Å². The number of ether oxygens (including phenoxy) is 1. The van der Waals surface area contributed by atoms with Crippen LogP contribution in [0.15, 0.2) is 41.0 Å². The van der Waals surface area contributed by atoms with Crippen LogP contribution in [-0.2, 0) is 0 Å². The van der Waals surface area contributed by atoms with Crippen molar-refractivity contribution < 1.29 is 9.13 Å². The van der Waals surface area contributed by atoms with Gasteiger partial charge >= 0.3 is 0 Å². The number of anilines is 1. The average Bonchev–Trinajstić information content (AvgIpc) is 2.75. The van der Waals surface area contributed by atoms with Crippen molar-refractivity contribution in [3.63, 3.8) is 0 Å². The van der Waals surface area contributed by atoms with Gasteiger partial charge in [-0.15, -0.1) is 5.54 Å². The van der Waals surface area contributed by atoms with E-state index in [9.17, 15) is 4.39 Å². The highest BCUT2D eigenvalue weighted by Gasteiger charge is 2.41. The number of rotatable bonds is 6. The Morgan fingerprint density at radius 1 is 1.09 bits per heavy atom. The van der Waals surface area contributed by atoms with Gasteiger partial charge in [-0.05, 0) is 69.7 Å². The molecule has 178 valence electrons. The summed E-state index contributed by atoms with van der Waals surface area (Å²) in [5.41, 5.74) is 5.63. The molecule has 1 aromatic carbocycles. The molecule has 1 saturated heterocycles. The van der Waals surface area contributed by atoms with Gasteiger partial charge in [-0.2, -0.15) is 0 Å². The monoisotopic (exact) mass is 530 g/mol. The quantitative estimate of drug-likeness (QED) is 0.284. The number of aromatic nitrogens is 1. The van der Waals surface area contributed by atoms with Crippen LogP contribution in [0.3, 0.4) is 0 Å². The molecule has 0 amide bonds. The fourth-order valence-electron chi connectivity index (χ4n) is 5.27. The topological polar surface area (TPSA) is 25.4 Å². The molecule has 1 fully saturated rings. The summed E-state index contributed by atoms with van der Waals surface area (Å²) < 4.78 is 22.1. The summed E-state index contributed by atoms with van der Waals surface area (Å²) in [5.74, 6) is 4.42. The van der Waals surface area contributed by atoms with Crippen LogP contribution in [0.5, 0.6) is 5.75 Å². The highest BCUT2D eigenvalue weighted by Crippen LogP contribution is 2.40. The lowest BCUT2D eigenvalue weighted by Crippen LogP contribution is -2.43. The van der Waals surface area contributed by atoms with E-state index in [0.717, 1.165) is 36.2 Å². The van der Waals surface area contributed by atoms with E-state index in [4.69, 9.17) is 4.74 Å². The van der Waals surface area contributed by atoms with E-state index < -0.39 is 8.07 Å². The smallest absolute Gasteiger partial charge is 0.146 e. The number of benzene rings is 1. The van der Waals surface area contributed by atoms with Gasteiger partial charge in [-0.1, -0.05) is 47.5 Å². The fraction of sp³-hybridized carbons (Fsp3) is 0.519. The summed E-state index contributed by atoms with van der Waals surface area (Å²) in [7, 11) is -1.90. The van der Waals surface area contributed by atoms with E-state index in [1.165, 1.54) is 6.07 Å². The van der Waals surface area contributed by atoms with E-state index in [1.54, 1.807) is 6.07 Å². The number of halogens is 2. The second-order valence-electron chi connectivity index (χ2n) is 9.95. The first-order valence-corrected chi connectivity index (χ1v) is 15.0. The molecule has 1 unspecified atom stereocenters. The van der Waals surface area contributed by atoms with Gasteiger partial charge in [0.15, 0.2) is 0 Å². The summed E-state index contributed by atoms with van der Waals surface area (Å²) in [6.07, 6.45) is 3.77. The Labute approximate surface area is 208 Å². The molecule has 6 heteroatoms. The van der Waals surface area contributed by atoms with E-state index >= 15 is 0 Å². The molecular weight excluding hydrogens is 495 g/mol. The van der Waals surface area contributed by atoms with E-state index in [0.29, 0.717) is 27.9 Å². The lowest BCUT2D eigenvalue weighted by molar-refractivity contribution is 0.178. The van der Waals surface area contributed by atoms with Crippen LogP contribution in [0.1, 0.15) is 59.9 Å². The van der Waals surface area contributed by atoms with Gasteiger partial charge in [0, 0.05) is 23.3 Å². The minimum Gasteiger partial charge on any atom is -0.488 e. The van der Waals surface area contributed by atoms with Crippen molar-refractivity contribution in [2.45, 2.75) is 77.1 Å². The predicted molar refractivity (Wildman–Crippen MR) is 142 cm³/mol. The summed E-state index contributed by atoms with van der Waals surface area (Å²) in [5, 5.41) is 0. The fourth-order valence-corrected chi connectivity index (χ4v) is 10.7. The van der Waals surface area contributed by atoms with Crippen molar-refractivity contribution in [3.8, 4) is 17.2 Å². The van der Waals surface area contributed by atoms with Gasteiger partial charge in [0.1, 0.15) is 31.6 Å². The lowest BCUT2D eigenvalue weighted by Gasteiger charge is -2.38. The van der Waals surface area contributed by atoms with E-state index in [-0.39, 0.29) is 11.9 Å². The standard InChI is InChI=1S/C27H36BrFN2OSi/c1-19(2)33(20(3)4,21(5)6)15-13-22-9-11-24(16-26(22)29)32-25-8-7-14-31(18-25)27-12-10-23(28)17-30-27/h9-12,16-17,19-21,25H,7-8,14,18H2,1-6H3. The molecule has 33 heavy (non-hydrogen) atoms. The zero-order valence-corrected chi connectivity index (χ0v) is 23.2. The summed E-state index contributed by atoms with van der Waals surface area (Å²) in [6.45, 7) is 15.3. The first kappa shape index (κ1) is 25.8.